The molecule has 2 aromatic rings. The summed E-state index contributed by atoms with van der Waals surface area (Å²) in [6.07, 6.45) is 0. The highest BCUT2D eigenvalue weighted by Gasteiger charge is 2.10. The predicted molar refractivity (Wildman–Crippen MR) is 82.0 cm³/mol. The van der Waals surface area contributed by atoms with E-state index >= 15 is 0 Å². The van der Waals surface area contributed by atoms with E-state index in [1.54, 1.807) is 7.11 Å². The van der Waals surface area contributed by atoms with Crippen LogP contribution in [-0.4, -0.2) is 14.2 Å². The van der Waals surface area contributed by atoms with Crippen LogP contribution in [0.4, 0.5) is 0 Å². The van der Waals surface area contributed by atoms with Crippen LogP contribution in [0.3, 0.4) is 0 Å². The zero-order valence-electron chi connectivity index (χ0n) is 11.9. The SMILES string of the molecule is CNCc1ccc(Cl)cc1Oc1cccc(OC)c1C. The molecule has 0 aliphatic rings. The summed E-state index contributed by atoms with van der Waals surface area (Å²) in [5, 5.41) is 3.77. The molecule has 4 heteroatoms. The van der Waals surface area contributed by atoms with Crippen LogP contribution < -0.4 is 14.8 Å². The first-order chi connectivity index (χ1) is 9.65. The first kappa shape index (κ1) is 14.7. The van der Waals surface area contributed by atoms with Crippen LogP contribution in [0.5, 0.6) is 17.2 Å². The van der Waals surface area contributed by atoms with Crippen molar-refractivity contribution in [1.29, 1.82) is 0 Å². The second-order valence-electron chi connectivity index (χ2n) is 4.47. The van der Waals surface area contributed by atoms with Gasteiger partial charge in [-0.15, -0.1) is 0 Å². The largest absolute Gasteiger partial charge is 0.496 e. The Balaban J connectivity index is 2.36. The molecule has 0 atom stereocenters. The number of methoxy groups -OCH3 is 1. The molecule has 3 nitrogen and oxygen atoms in total. The molecule has 0 fully saturated rings. The maximum Gasteiger partial charge on any atom is 0.134 e. The van der Waals surface area contributed by atoms with Crippen LogP contribution in [0, 0.1) is 6.92 Å². The number of benzene rings is 2. The number of halogens is 1. The highest BCUT2D eigenvalue weighted by molar-refractivity contribution is 6.30. The van der Waals surface area contributed by atoms with Crippen molar-refractivity contribution in [1.82, 2.24) is 5.32 Å². The summed E-state index contributed by atoms with van der Waals surface area (Å²) < 4.78 is 11.3. The van der Waals surface area contributed by atoms with Crippen molar-refractivity contribution in [2.45, 2.75) is 13.5 Å². The molecule has 0 heterocycles. The topological polar surface area (TPSA) is 30.5 Å². The van der Waals surface area contributed by atoms with Crippen molar-refractivity contribution in [2.24, 2.45) is 0 Å². The van der Waals surface area contributed by atoms with Gasteiger partial charge in [-0.05, 0) is 38.2 Å². The minimum Gasteiger partial charge on any atom is -0.496 e. The van der Waals surface area contributed by atoms with Crippen molar-refractivity contribution in [2.75, 3.05) is 14.2 Å². The molecule has 0 saturated carbocycles. The summed E-state index contributed by atoms with van der Waals surface area (Å²) in [4.78, 5) is 0. The molecule has 0 aliphatic carbocycles. The quantitative estimate of drug-likeness (QED) is 0.897. The summed E-state index contributed by atoms with van der Waals surface area (Å²) in [7, 11) is 3.55. The molecule has 0 aliphatic heterocycles. The van der Waals surface area contributed by atoms with Crippen molar-refractivity contribution in [3.8, 4) is 17.2 Å². The van der Waals surface area contributed by atoms with Crippen molar-refractivity contribution in [3.63, 3.8) is 0 Å². The summed E-state index contributed by atoms with van der Waals surface area (Å²) in [5.74, 6) is 2.33. The minimum atomic E-state index is 0.653. The molecule has 0 bridgehead atoms. The lowest BCUT2D eigenvalue weighted by Crippen LogP contribution is -2.06. The van der Waals surface area contributed by atoms with E-state index in [0.29, 0.717) is 5.02 Å². The molecular weight excluding hydrogens is 274 g/mol. The molecule has 0 aromatic heterocycles. The fourth-order valence-electron chi connectivity index (χ4n) is 2.00. The number of ether oxygens (including phenoxy) is 2. The Morgan fingerprint density at radius 3 is 2.55 bits per heavy atom. The van der Waals surface area contributed by atoms with E-state index in [1.807, 2.05) is 50.4 Å². The molecule has 106 valence electrons. The maximum absolute atomic E-state index is 6.06. The Bertz CT molecular complexity index is 599. The van der Waals surface area contributed by atoms with Gasteiger partial charge in [0.2, 0.25) is 0 Å². The third-order valence-electron chi connectivity index (χ3n) is 3.07. The van der Waals surface area contributed by atoms with Gasteiger partial charge in [0.25, 0.3) is 0 Å². The number of hydrogen-bond donors (Lipinski definition) is 1. The first-order valence-electron chi connectivity index (χ1n) is 6.40. The fourth-order valence-corrected chi connectivity index (χ4v) is 2.17. The lowest BCUT2D eigenvalue weighted by molar-refractivity contribution is 0.404. The highest BCUT2D eigenvalue weighted by Crippen LogP contribution is 2.33. The van der Waals surface area contributed by atoms with Crippen LogP contribution in [-0.2, 0) is 6.54 Å². The second-order valence-corrected chi connectivity index (χ2v) is 4.90. The molecule has 0 radical (unpaired) electrons. The van der Waals surface area contributed by atoms with Gasteiger partial charge in [0.15, 0.2) is 0 Å². The normalized spacial score (nSPS) is 10.4. The third kappa shape index (κ3) is 3.24. The Morgan fingerprint density at radius 2 is 1.85 bits per heavy atom. The smallest absolute Gasteiger partial charge is 0.134 e. The second kappa shape index (κ2) is 6.64. The Morgan fingerprint density at radius 1 is 1.10 bits per heavy atom. The molecule has 2 rings (SSSR count). The van der Waals surface area contributed by atoms with Crippen LogP contribution in [0.25, 0.3) is 0 Å². The lowest BCUT2D eigenvalue weighted by Gasteiger charge is -2.14. The zero-order valence-corrected chi connectivity index (χ0v) is 12.6. The average Bonchev–Trinajstić information content (AvgIpc) is 2.44. The van der Waals surface area contributed by atoms with Crippen molar-refractivity contribution < 1.29 is 9.47 Å². The van der Waals surface area contributed by atoms with E-state index in [9.17, 15) is 0 Å². The van der Waals surface area contributed by atoms with Gasteiger partial charge in [-0.1, -0.05) is 23.7 Å². The van der Waals surface area contributed by atoms with Gasteiger partial charge in [-0.3, -0.25) is 0 Å². The number of rotatable bonds is 5. The number of nitrogens with one attached hydrogen (secondary N) is 1. The van der Waals surface area contributed by atoms with E-state index in [4.69, 9.17) is 21.1 Å². The summed E-state index contributed by atoms with van der Waals surface area (Å²) in [5.41, 5.74) is 2.02. The van der Waals surface area contributed by atoms with Gasteiger partial charge in [-0.25, -0.2) is 0 Å². The molecule has 2 aromatic carbocycles. The van der Waals surface area contributed by atoms with Gasteiger partial charge < -0.3 is 14.8 Å². The molecule has 1 N–H and O–H groups in total. The van der Waals surface area contributed by atoms with E-state index in [1.165, 1.54) is 0 Å². The maximum atomic E-state index is 6.06. The van der Waals surface area contributed by atoms with Crippen LogP contribution in [0.15, 0.2) is 36.4 Å². The highest BCUT2D eigenvalue weighted by atomic mass is 35.5. The lowest BCUT2D eigenvalue weighted by atomic mass is 10.1. The molecule has 20 heavy (non-hydrogen) atoms. The van der Waals surface area contributed by atoms with E-state index in [0.717, 1.165) is 34.9 Å². The van der Waals surface area contributed by atoms with E-state index < -0.39 is 0 Å². The molecule has 0 saturated heterocycles. The zero-order chi connectivity index (χ0) is 14.5. The Kier molecular flexibility index (Phi) is 4.88. The molecule has 0 spiro atoms. The van der Waals surface area contributed by atoms with Gasteiger partial charge >= 0.3 is 0 Å². The molecule has 0 unspecified atom stereocenters. The monoisotopic (exact) mass is 291 g/mol. The van der Waals surface area contributed by atoms with E-state index in [2.05, 4.69) is 5.32 Å². The molecular formula is C16H18ClNO2. The Hall–Kier alpha value is -1.71. The molecule has 0 amide bonds. The van der Waals surface area contributed by atoms with E-state index in [-0.39, 0.29) is 0 Å². The van der Waals surface area contributed by atoms with Gasteiger partial charge in [0, 0.05) is 22.7 Å². The summed E-state index contributed by atoms with van der Waals surface area (Å²) >= 11 is 6.06. The summed E-state index contributed by atoms with van der Waals surface area (Å²) in [6.45, 7) is 2.69. The van der Waals surface area contributed by atoms with Crippen molar-refractivity contribution >= 4 is 11.6 Å². The fraction of sp³-hybridized carbons (Fsp3) is 0.250. The van der Waals surface area contributed by atoms with Crippen LogP contribution in [0.1, 0.15) is 11.1 Å². The van der Waals surface area contributed by atoms with Crippen LogP contribution in [0.2, 0.25) is 5.02 Å². The van der Waals surface area contributed by atoms with Gasteiger partial charge in [-0.2, -0.15) is 0 Å². The average molecular weight is 292 g/mol. The van der Waals surface area contributed by atoms with Crippen LogP contribution >= 0.6 is 11.6 Å². The summed E-state index contributed by atoms with van der Waals surface area (Å²) in [6, 6.07) is 11.4. The minimum absolute atomic E-state index is 0.653. The van der Waals surface area contributed by atoms with Gasteiger partial charge in [0.05, 0.1) is 7.11 Å². The number of hydrogen-bond acceptors (Lipinski definition) is 3. The first-order valence-corrected chi connectivity index (χ1v) is 6.78. The van der Waals surface area contributed by atoms with Crippen molar-refractivity contribution in [3.05, 3.63) is 52.5 Å². The Labute approximate surface area is 124 Å². The van der Waals surface area contributed by atoms with Gasteiger partial charge in [0.1, 0.15) is 17.2 Å². The standard InChI is InChI=1S/C16H18ClNO2/c1-11-14(19-3)5-4-6-15(11)20-16-9-13(17)8-7-12(16)10-18-2/h4-9,18H,10H2,1-3H3. The third-order valence-corrected chi connectivity index (χ3v) is 3.31. The predicted octanol–water partition coefficient (Wildman–Crippen LogP) is 4.17.